The Morgan fingerprint density at radius 1 is 1.00 bits per heavy atom. The fraction of sp³-hybridized carbons (Fsp3) is 0.320. The van der Waals surface area contributed by atoms with Crippen molar-refractivity contribution in [3.8, 4) is 28.4 Å². The summed E-state index contributed by atoms with van der Waals surface area (Å²) in [6.07, 6.45) is 8.55. The molecule has 3 aliphatic heterocycles. The molecule has 5 nitrogen and oxygen atoms in total. The van der Waals surface area contributed by atoms with E-state index in [1.807, 2.05) is 18.3 Å². The number of ether oxygens (including phenoxy) is 2. The van der Waals surface area contributed by atoms with Crippen LogP contribution in [0.25, 0.3) is 11.1 Å². The summed E-state index contributed by atoms with van der Waals surface area (Å²) in [5, 5.41) is 3.77. The number of hydrogen-bond acceptors (Lipinski definition) is 5. The Kier molecular flexibility index (Phi) is 4.16. The number of hydrogen-bond donors (Lipinski definition) is 1. The number of piperidine rings is 1. The molecule has 5 heteroatoms. The molecule has 0 amide bonds. The number of para-hydroxylation sites is 1. The highest BCUT2D eigenvalue weighted by Gasteiger charge is 2.40. The normalized spacial score (nSPS) is 24.0. The molecular formula is C25H25N3O2. The molecule has 2 saturated heterocycles. The zero-order chi connectivity index (χ0) is 20.1. The van der Waals surface area contributed by atoms with Gasteiger partial charge in [0, 0.05) is 36.1 Å². The van der Waals surface area contributed by atoms with E-state index in [1.54, 1.807) is 13.3 Å². The van der Waals surface area contributed by atoms with Crippen LogP contribution in [0.3, 0.4) is 0 Å². The van der Waals surface area contributed by atoms with Crippen LogP contribution in [0.5, 0.6) is 17.2 Å². The number of nitrogens with one attached hydrogen (secondary N) is 1. The molecule has 30 heavy (non-hydrogen) atoms. The summed E-state index contributed by atoms with van der Waals surface area (Å²) in [6.45, 7) is 0. The third kappa shape index (κ3) is 2.84. The Morgan fingerprint density at radius 3 is 2.63 bits per heavy atom. The van der Waals surface area contributed by atoms with Crippen LogP contribution in [0.2, 0.25) is 0 Å². The molecule has 0 spiro atoms. The Balaban J connectivity index is 1.48. The van der Waals surface area contributed by atoms with Gasteiger partial charge in [-0.3, -0.25) is 4.98 Å². The van der Waals surface area contributed by atoms with Gasteiger partial charge in [0.15, 0.2) is 17.2 Å². The zero-order valence-electron chi connectivity index (χ0n) is 17.0. The minimum absolute atomic E-state index is 0.446. The summed E-state index contributed by atoms with van der Waals surface area (Å²) < 4.78 is 12.1. The van der Waals surface area contributed by atoms with Crippen molar-refractivity contribution in [3.05, 3.63) is 60.9 Å². The number of benzene rings is 2. The number of rotatable bonds is 3. The van der Waals surface area contributed by atoms with Crippen molar-refractivity contribution in [2.75, 3.05) is 12.0 Å². The Hall–Kier alpha value is -3.05. The summed E-state index contributed by atoms with van der Waals surface area (Å²) in [5.41, 5.74) is 4.42. The zero-order valence-corrected chi connectivity index (χ0v) is 17.0. The molecule has 2 aromatic carbocycles. The molecule has 2 unspecified atom stereocenters. The molecule has 0 aliphatic carbocycles. The molecule has 3 aliphatic rings. The van der Waals surface area contributed by atoms with Gasteiger partial charge < -0.3 is 19.7 Å². The molecular weight excluding hydrogens is 374 g/mol. The standard InChI is InChI=1S/C25H25N3O2/c1-29-23-6-2-5-22-25(23)30-24-12-16(17-4-3-11-26-15-17)7-10-21(24)28(22)20-13-18-8-9-19(14-20)27-18/h2-7,10-12,15,18-20,27H,8-9,13-14H2,1H3. The second-order valence-electron chi connectivity index (χ2n) is 8.47. The van der Waals surface area contributed by atoms with Gasteiger partial charge in [-0.15, -0.1) is 0 Å². The minimum Gasteiger partial charge on any atom is -0.493 e. The molecule has 152 valence electrons. The number of aromatic nitrogens is 1. The molecule has 2 bridgehead atoms. The maximum absolute atomic E-state index is 6.45. The first-order valence-electron chi connectivity index (χ1n) is 10.7. The first kappa shape index (κ1) is 17.8. The van der Waals surface area contributed by atoms with Crippen LogP contribution in [-0.2, 0) is 0 Å². The molecule has 6 rings (SSSR count). The van der Waals surface area contributed by atoms with Crippen molar-refractivity contribution in [1.29, 1.82) is 0 Å². The third-order valence-electron chi connectivity index (χ3n) is 6.68. The average molecular weight is 399 g/mol. The van der Waals surface area contributed by atoms with Gasteiger partial charge in [-0.05, 0) is 61.6 Å². The quantitative estimate of drug-likeness (QED) is 0.649. The Bertz CT molecular complexity index is 1070. The van der Waals surface area contributed by atoms with Gasteiger partial charge in [-0.1, -0.05) is 18.2 Å². The fourth-order valence-electron chi connectivity index (χ4n) is 5.34. The third-order valence-corrected chi connectivity index (χ3v) is 6.68. The van der Waals surface area contributed by atoms with Crippen LogP contribution in [0.15, 0.2) is 60.9 Å². The lowest BCUT2D eigenvalue weighted by Gasteiger charge is -2.42. The highest BCUT2D eigenvalue weighted by atomic mass is 16.5. The van der Waals surface area contributed by atoms with Crippen molar-refractivity contribution in [1.82, 2.24) is 10.3 Å². The smallest absolute Gasteiger partial charge is 0.192 e. The average Bonchev–Trinajstić information content (AvgIpc) is 3.14. The van der Waals surface area contributed by atoms with Crippen molar-refractivity contribution < 1.29 is 9.47 Å². The Morgan fingerprint density at radius 2 is 1.87 bits per heavy atom. The van der Waals surface area contributed by atoms with E-state index >= 15 is 0 Å². The SMILES string of the molecule is COc1cccc2c1Oc1cc(-c3cccnc3)ccc1N2C1CC2CCC(C1)N2. The maximum atomic E-state index is 6.45. The lowest BCUT2D eigenvalue weighted by atomic mass is 9.95. The summed E-state index contributed by atoms with van der Waals surface area (Å²) in [7, 11) is 1.70. The monoisotopic (exact) mass is 399 g/mol. The number of anilines is 2. The van der Waals surface area contributed by atoms with Crippen LogP contribution in [0.4, 0.5) is 11.4 Å². The number of fused-ring (bicyclic) bond motifs is 4. The van der Waals surface area contributed by atoms with Gasteiger partial charge >= 0.3 is 0 Å². The highest BCUT2D eigenvalue weighted by Crippen LogP contribution is 2.53. The minimum atomic E-state index is 0.446. The van der Waals surface area contributed by atoms with Crippen LogP contribution < -0.4 is 19.7 Å². The molecule has 2 fully saturated rings. The largest absolute Gasteiger partial charge is 0.493 e. The van der Waals surface area contributed by atoms with E-state index in [2.05, 4.69) is 51.6 Å². The summed E-state index contributed by atoms with van der Waals surface area (Å²) in [4.78, 5) is 6.77. The molecule has 1 aromatic heterocycles. The Labute approximate surface area is 176 Å². The molecule has 2 atom stereocenters. The van der Waals surface area contributed by atoms with E-state index < -0.39 is 0 Å². The van der Waals surface area contributed by atoms with Gasteiger partial charge in [-0.2, -0.15) is 0 Å². The van der Waals surface area contributed by atoms with Gasteiger partial charge in [0.1, 0.15) is 0 Å². The summed E-state index contributed by atoms with van der Waals surface area (Å²) >= 11 is 0. The second kappa shape index (κ2) is 7.03. The van der Waals surface area contributed by atoms with Crippen molar-refractivity contribution >= 4 is 11.4 Å². The molecule has 1 N–H and O–H groups in total. The van der Waals surface area contributed by atoms with Crippen LogP contribution in [0, 0.1) is 0 Å². The highest BCUT2D eigenvalue weighted by molar-refractivity contribution is 5.83. The molecule has 4 heterocycles. The van der Waals surface area contributed by atoms with E-state index in [0.29, 0.717) is 18.1 Å². The lowest BCUT2D eigenvalue weighted by Crippen LogP contribution is -2.47. The van der Waals surface area contributed by atoms with E-state index in [4.69, 9.17) is 9.47 Å². The van der Waals surface area contributed by atoms with Gasteiger partial charge in [-0.25, -0.2) is 0 Å². The number of methoxy groups -OCH3 is 1. The second-order valence-corrected chi connectivity index (χ2v) is 8.47. The van der Waals surface area contributed by atoms with Crippen LogP contribution in [0.1, 0.15) is 25.7 Å². The topological polar surface area (TPSA) is 46.6 Å². The number of pyridine rings is 1. The van der Waals surface area contributed by atoms with Gasteiger partial charge in [0.05, 0.1) is 18.5 Å². The van der Waals surface area contributed by atoms with Crippen LogP contribution >= 0.6 is 0 Å². The van der Waals surface area contributed by atoms with Gasteiger partial charge in [0.2, 0.25) is 0 Å². The molecule has 0 saturated carbocycles. The fourth-order valence-corrected chi connectivity index (χ4v) is 5.34. The van der Waals surface area contributed by atoms with Gasteiger partial charge in [0.25, 0.3) is 0 Å². The predicted octanol–water partition coefficient (Wildman–Crippen LogP) is 5.28. The summed E-state index contributed by atoms with van der Waals surface area (Å²) in [5.74, 6) is 2.45. The van der Waals surface area contributed by atoms with E-state index in [0.717, 1.165) is 52.6 Å². The van der Waals surface area contributed by atoms with E-state index in [1.165, 1.54) is 12.8 Å². The molecule has 3 aromatic rings. The maximum Gasteiger partial charge on any atom is 0.192 e. The number of nitrogens with zero attached hydrogens (tertiary/aromatic N) is 2. The van der Waals surface area contributed by atoms with Crippen molar-refractivity contribution in [2.45, 2.75) is 43.8 Å². The summed E-state index contributed by atoms with van der Waals surface area (Å²) in [6, 6.07) is 18.4. The van der Waals surface area contributed by atoms with Crippen molar-refractivity contribution in [3.63, 3.8) is 0 Å². The predicted molar refractivity (Wildman–Crippen MR) is 118 cm³/mol. The first-order valence-corrected chi connectivity index (χ1v) is 10.7. The molecule has 0 radical (unpaired) electrons. The lowest BCUT2D eigenvalue weighted by molar-refractivity contribution is 0.347. The van der Waals surface area contributed by atoms with Crippen LogP contribution in [-0.4, -0.2) is 30.2 Å². The van der Waals surface area contributed by atoms with Crippen molar-refractivity contribution in [2.24, 2.45) is 0 Å². The first-order chi connectivity index (χ1) is 14.8. The van der Waals surface area contributed by atoms with E-state index in [-0.39, 0.29) is 0 Å². The van der Waals surface area contributed by atoms with E-state index in [9.17, 15) is 0 Å².